The quantitative estimate of drug-likeness (QED) is 0.811. The summed E-state index contributed by atoms with van der Waals surface area (Å²) < 4.78 is 0. The van der Waals surface area contributed by atoms with E-state index in [-0.39, 0.29) is 11.2 Å². The molecule has 0 unspecified atom stereocenters. The minimum atomic E-state index is 0.175. The van der Waals surface area contributed by atoms with Crippen LogP contribution in [0.3, 0.4) is 0 Å². The Morgan fingerprint density at radius 1 is 1.23 bits per heavy atom. The molecule has 2 N–H and O–H groups in total. The average molecular weight is 201 g/mol. The first kappa shape index (κ1) is 10.2. The van der Waals surface area contributed by atoms with Crippen molar-refractivity contribution in [3.8, 4) is 0 Å². The molecule has 0 aliphatic heterocycles. The molecule has 1 heterocycles. The fraction of sp³-hybridized carbons (Fsp3) is 0.625. The Balaban J connectivity index is 2.99. The number of hydrogen-bond donors (Lipinski definition) is 1. The van der Waals surface area contributed by atoms with Crippen LogP contribution in [-0.4, -0.2) is 15.0 Å². The van der Waals surface area contributed by atoms with Gasteiger partial charge in [-0.25, -0.2) is 4.98 Å². The Morgan fingerprint density at radius 3 is 2.31 bits per heavy atom. The third kappa shape index (κ3) is 2.52. The molecular weight excluding hydrogens is 188 g/mol. The summed E-state index contributed by atoms with van der Waals surface area (Å²) in [6.07, 6.45) is 1.96. The Morgan fingerprint density at radius 2 is 1.85 bits per heavy atom. The zero-order valence-electron chi connectivity index (χ0n) is 7.79. The first-order valence-corrected chi connectivity index (χ1v) is 4.72. The number of halogens is 1. The summed E-state index contributed by atoms with van der Waals surface area (Å²) in [6, 6.07) is 0. The molecule has 1 rings (SSSR count). The molecule has 0 aliphatic carbocycles. The maximum absolute atomic E-state index is 5.67. The van der Waals surface area contributed by atoms with E-state index in [4.69, 9.17) is 17.3 Å². The zero-order chi connectivity index (χ0) is 9.84. The van der Waals surface area contributed by atoms with Crippen molar-refractivity contribution in [3.05, 3.63) is 11.1 Å². The van der Waals surface area contributed by atoms with Crippen LogP contribution in [0.15, 0.2) is 0 Å². The van der Waals surface area contributed by atoms with Gasteiger partial charge in [0.2, 0.25) is 11.2 Å². The molecule has 0 aliphatic rings. The van der Waals surface area contributed by atoms with E-state index < -0.39 is 0 Å². The van der Waals surface area contributed by atoms with Gasteiger partial charge < -0.3 is 5.73 Å². The zero-order valence-corrected chi connectivity index (χ0v) is 8.54. The maximum Gasteiger partial charge on any atom is 0.227 e. The van der Waals surface area contributed by atoms with E-state index in [1.54, 1.807) is 0 Å². The van der Waals surface area contributed by atoms with Gasteiger partial charge in [0.15, 0.2) is 0 Å². The molecule has 13 heavy (non-hydrogen) atoms. The van der Waals surface area contributed by atoms with Crippen LogP contribution in [-0.2, 0) is 0 Å². The van der Waals surface area contributed by atoms with Crippen LogP contribution in [0.25, 0.3) is 0 Å². The van der Waals surface area contributed by atoms with Gasteiger partial charge in [-0.15, -0.1) is 0 Å². The molecule has 0 spiro atoms. The highest BCUT2D eigenvalue weighted by molar-refractivity contribution is 6.28. The number of aromatic nitrogens is 3. The largest absolute Gasteiger partial charge is 0.368 e. The van der Waals surface area contributed by atoms with Crippen LogP contribution in [0.2, 0.25) is 5.28 Å². The molecule has 0 saturated heterocycles. The molecule has 1 aromatic rings. The minimum Gasteiger partial charge on any atom is -0.368 e. The molecule has 4 nitrogen and oxygen atoms in total. The van der Waals surface area contributed by atoms with E-state index in [9.17, 15) is 0 Å². The van der Waals surface area contributed by atoms with Crippen molar-refractivity contribution in [2.45, 2.75) is 32.6 Å². The van der Waals surface area contributed by atoms with Crippen molar-refractivity contribution >= 4 is 17.5 Å². The average Bonchev–Trinajstić information content (AvgIpc) is 2.04. The topological polar surface area (TPSA) is 64.7 Å². The first-order valence-electron chi connectivity index (χ1n) is 4.34. The Kier molecular flexibility index (Phi) is 3.42. The Hall–Kier alpha value is -0.900. The van der Waals surface area contributed by atoms with Crippen molar-refractivity contribution in [1.29, 1.82) is 0 Å². The fourth-order valence-corrected chi connectivity index (χ4v) is 1.39. The molecule has 0 aromatic carbocycles. The summed E-state index contributed by atoms with van der Waals surface area (Å²) >= 11 is 5.67. The lowest BCUT2D eigenvalue weighted by Crippen LogP contribution is -2.07. The third-order valence-corrected chi connectivity index (χ3v) is 2.16. The van der Waals surface area contributed by atoms with Gasteiger partial charge >= 0.3 is 0 Å². The van der Waals surface area contributed by atoms with E-state index in [0.717, 1.165) is 12.8 Å². The third-order valence-electron chi connectivity index (χ3n) is 1.99. The number of rotatable bonds is 3. The summed E-state index contributed by atoms with van der Waals surface area (Å²) in [5, 5.41) is 0.175. The normalized spacial score (nSPS) is 10.8. The molecule has 0 fully saturated rings. The molecule has 0 atom stereocenters. The van der Waals surface area contributed by atoms with E-state index in [1.807, 2.05) is 0 Å². The molecule has 72 valence electrons. The van der Waals surface area contributed by atoms with Crippen LogP contribution < -0.4 is 5.73 Å². The molecular formula is C8H13ClN4. The maximum atomic E-state index is 5.67. The fourth-order valence-electron chi connectivity index (χ4n) is 1.22. The van der Waals surface area contributed by atoms with Crippen molar-refractivity contribution in [2.75, 3.05) is 5.73 Å². The summed E-state index contributed by atoms with van der Waals surface area (Å²) in [7, 11) is 0. The van der Waals surface area contributed by atoms with Gasteiger partial charge in [0.25, 0.3) is 0 Å². The van der Waals surface area contributed by atoms with Crippen molar-refractivity contribution in [1.82, 2.24) is 15.0 Å². The highest BCUT2D eigenvalue weighted by atomic mass is 35.5. The predicted octanol–water partition coefficient (Wildman–Crippen LogP) is 2.01. The van der Waals surface area contributed by atoms with E-state index in [0.29, 0.717) is 11.7 Å². The Labute approximate surface area is 82.6 Å². The van der Waals surface area contributed by atoms with Gasteiger partial charge in [0.05, 0.1) is 0 Å². The molecule has 5 heteroatoms. The summed E-state index contributed by atoms with van der Waals surface area (Å²) in [4.78, 5) is 11.8. The number of nitrogen functional groups attached to an aromatic ring is 1. The molecule has 0 radical (unpaired) electrons. The monoisotopic (exact) mass is 200 g/mol. The number of nitrogens with two attached hydrogens (primary N) is 1. The lowest BCUT2D eigenvalue weighted by Gasteiger charge is -2.10. The van der Waals surface area contributed by atoms with Crippen LogP contribution in [0.1, 0.15) is 38.4 Å². The van der Waals surface area contributed by atoms with E-state index in [1.165, 1.54) is 0 Å². The lowest BCUT2D eigenvalue weighted by molar-refractivity contribution is 0.599. The summed E-state index contributed by atoms with van der Waals surface area (Å²) in [5.41, 5.74) is 5.46. The van der Waals surface area contributed by atoms with Gasteiger partial charge in [-0.3, -0.25) is 0 Å². The Bertz CT molecular complexity index is 265. The second-order valence-corrected chi connectivity index (χ2v) is 3.17. The molecule has 0 saturated carbocycles. The van der Waals surface area contributed by atoms with Crippen LogP contribution in [0.4, 0.5) is 5.95 Å². The highest BCUT2D eigenvalue weighted by Crippen LogP contribution is 2.20. The smallest absolute Gasteiger partial charge is 0.227 e. The van der Waals surface area contributed by atoms with Gasteiger partial charge in [-0.1, -0.05) is 13.8 Å². The van der Waals surface area contributed by atoms with E-state index in [2.05, 4.69) is 28.8 Å². The van der Waals surface area contributed by atoms with Crippen molar-refractivity contribution in [2.24, 2.45) is 0 Å². The van der Waals surface area contributed by atoms with Gasteiger partial charge in [-0.2, -0.15) is 9.97 Å². The minimum absolute atomic E-state index is 0.175. The second-order valence-electron chi connectivity index (χ2n) is 2.83. The summed E-state index contributed by atoms with van der Waals surface area (Å²) in [6.45, 7) is 4.17. The molecule has 0 bridgehead atoms. The first-order chi connectivity index (χ1) is 6.17. The lowest BCUT2D eigenvalue weighted by atomic mass is 10.0. The number of hydrogen-bond acceptors (Lipinski definition) is 4. The number of nitrogens with zero attached hydrogens (tertiary/aromatic N) is 3. The molecule has 1 aromatic heterocycles. The van der Waals surface area contributed by atoms with E-state index >= 15 is 0 Å². The van der Waals surface area contributed by atoms with Crippen LogP contribution in [0.5, 0.6) is 0 Å². The number of anilines is 1. The van der Waals surface area contributed by atoms with Gasteiger partial charge in [-0.05, 0) is 24.4 Å². The van der Waals surface area contributed by atoms with Crippen LogP contribution in [0, 0.1) is 0 Å². The predicted molar refractivity (Wildman–Crippen MR) is 52.6 cm³/mol. The van der Waals surface area contributed by atoms with Gasteiger partial charge in [0, 0.05) is 5.92 Å². The SMILES string of the molecule is CCC(CC)c1nc(N)nc(Cl)n1. The molecule has 0 amide bonds. The van der Waals surface area contributed by atoms with Crippen molar-refractivity contribution < 1.29 is 0 Å². The van der Waals surface area contributed by atoms with Gasteiger partial charge in [0.1, 0.15) is 5.82 Å². The van der Waals surface area contributed by atoms with Crippen molar-refractivity contribution in [3.63, 3.8) is 0 Å². The highest BCUT2D eigenvalue weighted by Gasteiger charge is 2.11. The second kappa shape index (κ2) is 4.37. The standard InChI is InChI=1S/C8H13ClN4/c1-3-5(4-2)6-11-7(9)13-8(10)12-6/h5H,3-4H2,1-2H3,(H2,10,11,12,13). The summed E-state index contributed by atoms with van der Waals surface area (Å²) in [5.74, 6) is 1.22. The van der Waals surface area contributed by atoms with Crippen LogP contribution >= 0.6 is 11.6 Å².